The van der Waals surface area contributed by atoms with Gasteiger partial charge in [0.05, 0.1) is 11.3 Å². The van der Waals surface area contributed by atoms with Crippen molar-refractivity contribution in [1.82, 2.24) is 5.32 Å². The summed E-state index contributed by atoms with van der Waals surface area (Å²) >= 11 is 5.92. The number of nitrogen functional groups attached to an aromatic ring is 1. The molecule has 1 saturated carbocycles. The molecule has 1 aromatic rings. The Hall–Kier alpha value is -1.26. The van der Waals surface area contributed by atoms with Gasteiger partial charge in [0.25, 0.3) is 5.91 Å². The molecule has 0 unspecified atom stereocenters. The molecule has 5 heteroatoms. The van der Waals surface area contributed by atoms with Gasteiger partial charge in [0.15, 0.2) is 0 Å². The Morgan fingerprint density at radius 3 is 2.79 bits per heavy atom. The van der Waals surface area contributed by atoms with Gasteiger partial charge in [-0.05, 0) is 42.9 Å². The van der Waals surface area contributed by atoms with E-state index < -0.39 is 0 Å². The van der Waals surface area contributed by atoms with Crippen LogP contribution in [0.4, 0.5) is 5.69 Å². The SMILES string of the molecule is CCCC1(CNC(=O)c2cc(Cl)ccc2NN)CC1. The largest absolute Gasteiger partial charge is 0.351 e. The van der Waals surface area contributed by atoms with Crippen LogP contribution in [0.2, 0.25) is 5.02 Å². The number of nitrogens with one attached hydrogen (secondary N) is 2. The van der Waals surface area contributed by atoms with E-state index in [9.17, 15) is 4.79 Å². The molecular weight excluding hydrogens is 262 g/mol. The second kappa shape index (κ2) is 5.80. The second-order valence-corrected chi connectivity index (χ2v) is 5.70. The Bertz CT molecular complexity index is 472. The van der Waals surface area contributed by atoms with Crippen LogP contribution >= 0.6 is 11.6 Å². The van der Waals surface area contributed by atoms with E-state index in [1.54, 1.807) is 18.2 Å². The molecule has 0 aliphatic heterocycles. The number of carbonyl (C=O) groups is 1. The summed E-state index contributed by atoms with van der Waals surface area (Å²) in [4.78, 5) is 12.2. The molecule has 0 aromatic heterocycles. The normalized spacial score (nSPS) is 15.9. The molecule has 19 heavy (non-hydrogen) atoms. The topological polar surface area (TPSA) is 67.2 Å². The van der Waals surface area contributed by atoms with Gasteiger partial charge in [-0.1, -0.05) is 24.9 Å². The van der Waals surface area contributed by atoms with E-state index >= 15 is 0 Å². The fraction of sp³-hybridized carbons (Fsp3) is 0.500. The van der Waals surface area contributed by atoms with Gasteiger partial charge in [-0.2, -0.15) is 0 Å². The molecule has 4 nitrogen and oxygen atoms in total. The number of hydrogen-bond donors (Lipinski definition) is 3. The molecule has 104 valence electrons. The highest BCUT2D eigenvalue weighted by molar-refractivity contribution is 6.31. The summed E-state index contributed by atoms with van der Waals surface area (Å²) in [7, 11) is 0. The third-order valence-corrected chi connectivity index (χ3v) is 3.98. The average molecular weight is 282 g/mol. The Kier molecular flexibility index (Phi) is 4.32. The molecular formula is C14H20ClN3O. The maximum Gasteiger partial charge on any atom is 0.253 e. The lowest BCUT2D eigenvalue weighted by molar-refractivity contribution is 0.0944. The minimum Gasteiger partial charge on any atom is -0.351 e. The fourth-order valence-corrected chi connectivity index (χ4v) is 2.59. The molecule has 1 amide bonds. The van der Waals surface area contributed by atoms with E-state index in [1.165, 1.54) is 19.3 Å². The van der Waals surface area contributed by atoms with Crippen LogP contribution in [0, 0.1) is 5.41 Å². The minimum atomic E-state index is -0.127. The summed E-state index contributed by atoms with van der Waals surface area (Å²) in [5.74, 6) is 5.28. The van der Waals surface area contributed by atoms with Gasteiger partial charge in [0, 0.05) is 11.6 Å². The van der Waals surface area contributed by atoms with E-state index in [0.717, 1.165) is 13.0 Å². The third kappa shape index (κ3) is 3.39. The number of benzene rings is 1. The molecule has 1 aromatic carbocycles. The lowest BCUT2D eigenvalue weighted by Gasteiger charge is -2.16. The van der Waals surface area contributed by atoms with Crippen LogP contribution in [0.15, 0.2) is 18.2 Å². The number of amides is 1. The quantitative estimate of drug-likeness (QED) is 0.555. The Balaban J connectivity index is 2.02. The molecule has 0 heterocycles. The summed E-state index contributed by atoms with van der Waals surface area (Å²) in [6.45, 7) is 2.91. The Labute approximate surface area is 118 Å². The second-order valence-electron chi connectivity index (χ2n) is 5.27. The average Bonchev–Trinajstić information content (AvgIpc) is 3.17. The zero-order chi connectivity index (χ0) is 13.9. The van der Waals surface area contributed by atoms with E-state index in [4.69, 9.17) is 17.4 Å². The highest BCUT2D eigenvalue weighted by atomic mass is 35.5. The van der Waals surface area contributed by atoms with Gasteiger partial charge >= 0.3 is 0 Å². The number of hydrazine groups is 1. The summed E-state index contributed by atoms with van der Waals surface area (Å²) in [6.07, 6.45) is 4.74. The van der Waals surface area contributed by atoms with Crippen molar-refractivity contribution in [1.29, 1.82) is 0 Å². The molecule has 1 fully saturated rings. The lowest BCUT2D eigenvalue weighted by atomic mass is 10.0. The van der Waals surface area contributed by atoms with Gasteiger partial charge < -0.3 is 10.7 Å². The first-order chi connectivity index (χ1) is 9.10. The Morgan fingerprint density at radius 2 is 2.21 bits per heavy atom. The monoisotopic (exact) mass is 281 g/mol. The number of nitrogens with two attached hydrogens (primary N) is 1. The highest BCUT2D eigenvalue weighted by Crippen LogP contribution is 2.48. The van der Waals surface area contributed by atoms with E-state index in [2.05, 4.69) is 17.7 Å². The molecule has 2 rings (SSSR count). The minimum absolute atomic E-state index is 0.127. The van der Waals surface area contributed by atoms with E-state index in [1.807, 2.05) is 0 Å². The number of rotatable bonds is 6. The van der Waals surface area contributed by atoms with Crippen LogP contribution in [0.3, 0.4) is 0 Å². The van der Waals surface area contributed by atoms with Crippen molar-refractivity contribution in [3.05, 3.63) is 28.8 Å². The number of halogens is 1. The predicted octanol–water partition coefficient (Wildman–Crippen LogP) is 2.94. The number of hydrogen-bond acceptors (Lipinski definition) is 3. The summed E-state index contributed by atoms with van der Waals surface area (Å²) in [6, 6.07) is 5.04. The maximum atomic E-state index is 12.2. The summed E-state index contributed by atoms with van der Waals surface area (Å²) in [5, 5.41) is 3.52. The molecule has 1 aliphatic carbocycles. The summed E-state index contributed by atoms with van der Waals surface area (Å²) in [5.41, 5.74) is 3.93. The van der Waals surface area contributed by atoms with Crippen LogP contribution in [-0.4, -0.2) is 12.5 Å². The van der Waals surface area contributed by atoms with Crippen LogP contribution in [-0.2, 0) is 0 Å². The van der Waals surface area contributed by atoms with Crippen LogP contribution in [0.25, 0.3) is 0 Å². The first kappa shape index (κ1) is 14.2. The van der Waals surface area contributed by atoms with Crippen molar-refractivity contribution < 1.29 is 4.79 Å². The van der Waals surface area contributed by atoms with Crippen molar-refractivity contribution in [3.8, 4) is 0 Å². The van der Waals surface area contributed by atoms with Crippen molar-refractivity contribution in [3.63, 3.8) is 0 Å². The smallest absolute Gasteiger partial charge is 0.253 e. The fourth-order valence-electron chi connectivity index (χ4n) is 2.42. The van der Waals surface area contributed by atoms with Crippen molar-refractivity contribution in [2.45, 2.75) is 32.6 Å². The van der Waals surface area contributed by atoms with Gasteiger partial charge in [-0.3, -0.25) is 10.6 Å². The third-order valence-electron chi connectivity index (χ3n) is 3.74. The van der Waals surface area contributed by atoms with Crippen LogP contribution < -0.4 is 16.6 Å². The predicted molar refractivity (Wildman–Crippen MR) is 78.2 cm³/mol. The molecule has 0 bridgehead atoms. The standard InChI is InChI=1S/C14H20ClN3O/c1-2-5-14(6-7-14)9-17-13(19)11-8-10(15)3-4-12(11)18-16/h3-4,8,18H,2,5-7,9,16H2,1H3,(H,17,19). The maximum absolute atomic E-state index is 12.2. The molecule has 0 saturated heterocycles. The zero-order valence-corrected chi connectivity index (χ0v) is 11.9. The van der Waals surface area contributed by atoms with E-state index in [-0.39, 0.29) is 5.91 Å². The molecule has 0 atom stereocenters. The van der Waals surface area contributed by atoms with Gasteiger partial charge in [-0.25, -0.2) is 0 Å². The van der Waals surface area contributed by atoms with Crippen LogP contribution in [0.1, 0.15) is 43.0 Å². The molecule has 1 aliphatic rings. The molecule has 0 spiro atoms. The number of anilines is 1. The first-order valence-corrected chi connectivity index (χ1v) is 7.02. The van der Waals surface area contributed by atoms with Crippen molar-refractivity contribution in [2.75, 3.05) is 12.0 Å². The molecule has 4 N–H and O–H groups in total. The van der Waals surface area contributed by atoms with Crippen LogP contribution in [0.5, 0.6) is 0 Å². The summed E-state index contributed by atoms with van der Waals surface area (Å²) < 4.78 is 0. The number of carbonyl (C=O) groups excluding carboxylic acids is 1. The van der Waals surface area contributed by atoms with E-state index in [0.29, 0.717) is 21.7 Å². The zero-order valence-electron chi connectivity index (χ0n) is 11.1. The van der Waals surface area contributed by atoms with Gasteiger partial charge in [0.2, 0.25) is 0 Å². The lowest BCUT2D eigenvalue weighted by Crippen LogP contribution is -2.31. The van der Waals surface area contributed by atoms with Crippen molar-refractivity contribution in [2.24, 2.45) is 11.3 Å². The highest BCUT2D eigenvalue weighted by Gasteiger charge is 2.41. The molecule has 0 radical (unpaired) electrons. The Morgan fingerprint density at radius 1 is 1.47 bits per heavy atom. The van der Waals surface area contributed by atoms with Gasteiger partial charge in [-0.15, -0.1) is 0 Å². The van der Waals surface area contributed by atoms with Gasteiger partial charge in [0.1, 0.15) is 0 Å². The van der Waals surface area contributed by atoms with Crippen molar-refractivity contribution >= 4 is 23.2 Å². The first-order valence-electron chi connectivity index (χ1n) is 6.64.